The van der Waals surface area contributed by atoms with E-state index in [-0.39, 0.29) is 36.5 Å². The number of carbonyl (C=O) groups excluding carboxylic acids is 3. The van der Waals surface area contributed by atoms with Crippen LogP contribution in [0.15, 0.2) is 22.7 Å². The summed E-state index contributed by atoms with van der Waals surface area (Å²) in [6.07, 6.45) is 1.73. The first-order valence-electron chi connectivity index (χ1n) is 9.69. The first-order valence-corrected chi connectivity index (χ1v) is 10.5. The molecule has 1 fully saturated rings. The number of fused-ring (bicyclic) bond motifs is 1. The SMILES string of the molecule is CCOC(=O)c1[nH]c2ccc(Br)cc2c1NC(=O)CCN1CCC(C(N)=O)CC1. The number of nitrogens with two attached hydrogens (primary N) is 1. The number of H-pyrrole nitrogens is 1. The summed E-state index contributed by atoms with van der Waals surface area (Å²) in [5.74, 6) is -1.02. The van der Waals surface area contributed by atoms with Crippen LogP contribution in [0.4, 0.5) is 5.69 Å². The highest BCUT2D eigenvalue weighted by atomic mass is 79.9. The van der Waals surface area contributed by atoms with E-state index < -0.39 is 5.97 Å². The lowest BCUT2D eigenvalue weighted by atomic mass is 9.96. The minimum Gasteiger partial charge on any atom is -0.461 e. The molecule has 156 valence electrons. The Balaban J connectivity index is 1.68. The molecule has 2 amide bonds. The molecule has 0 saturated carbocycles. The fourth-order valence-electron chi connectivity index (χ4n) is 3.55. The molecule has 2 aromatic rings. The summed E-state index contributed by atoms with van der Waals surface area (Å²) in [5.41, 5.74) is 6.76. The third-order valence-corrected chi connectivity index (χ3v) is 5.64. The maximum atomic E-state index is 12.6. The quantitative estimate of drug-likeness (QED) is 0.544. The van der Waals surface area contributed by atoms with Crippen LogP contribution in [0.2, 0.25) is 0 Å². The normalized spacial score (nSPS) is 15.4. The molecule has 1 aromatic heterocycles. The number of esters is 1. The average Bonchev–Trinajstić information content (AvgIpc) is 3.04. The van der Waals surface area contributed by atoms with Gasteiger partial charge in [0.25, 0.3) is 0 Å². The third-order valence-electron chi connectivity index (χ3n) is 5.15. The number of amides is 2. The second kappa shape index (κ2) is 9.41. The van der Waals surface area contributed by atoms with Gasteiger partial charge in [-0.15, -0.1) is 0 Å². The summed E-state index contributed by atoms with van der Waals surface area (Å²) in [6.45, 7) is 4.05. The number of nitrogens with zero attached hydrogens (tertiary/aromatic N) is 1. The molecule has 0 aliphatic carbocycles. The number of aromatic amines is 1. The molecule has 1 aliphatic heterocycles. The predicted molar refractivity (Wildman–Crippen MR) is 114 cm³/mol. The third kappa shape index (κ3) is 5.16. The van der Waals surface area contributed by atoms with Crippen molar-refractivity contribution in [2.75, 3.05) is 31.6 Å². The minimum absolute atomic E-state index is 0.0723. The van der Waals surface area contributed by atoms with Crippen LogP contribution in [0, 0.1) is 5.92 Å². The van der Waals surface area contributed by atoms with Gasteiger partial charge in [0.1, 0.15) is 5.69 Å². The zero-order chi connectivity index (χ0) is 21.0. The van der Waals surface area contributed by atoms with Gasteiger partial charge in [0, 0.05) is 34.3 Å². The second-order valence-corrected chi connectivity index (χ2v) is 8.02. The van der Waals surface area contributed by atoms with Gasteiger partial charge in [0.2, 0.25) is 11.8 Å². The van der Waals surface area contributed by atoms with E-state index in [0.29, 0.717) is 12.2 Å². The largest absolute Gasteiger partial charge is 0.461 e. The monoisotopic (exact) mass is 464 g/mol. The van der Waals surface area contributed by atoms with Crippen LogP contribution in [-0.2, 0) is 14.3 Å². The Bertz CT molecular complexity index is 919. The van der Waals surface area contributed by atoms with Crippen LogP contribution in [0.3, 0.4) is 0 Å². The first-order chi connectivity index (χ1) is 13.9. The summed E-state index contributed by atoms with van der Waals surface area (Å²) in [4.78, 5) is 41.4. The topological polar surface area (TPSA) is 118 Å². The molecule has 9 heteroatoms. The molecule has 8 nitrogen and oxygen atoms in total. The molecule has 0 spiro atoms. The van der Waals surface area contributed by atoms with Gasteiger partial charge in [0.05, 0.1) is 12.3 Å². The Hall–Kier alpha value is -2.39. The molecule has 29 heavy (non-hydrogen) atoms. The number of hydrogen-bond acceptors (Lipinski definition) is 5. The van der Waals surface area contributed by atoms with Crippen molar-refractivity contribution in [1.29, 1.82) is 0 Å². The van der Waals surface area contributed by atoms with E-state index in [0.717, 1.165) is 41.3 Å². The molecule has 3 rings (SSSR count). The molecule has 0 unspecified atom stereocenters. The van der Waals surface area contributed by atoms with E-state index in [1.807, 2.05) is 18.2 Å². The lowest BCUT2D eigenvalue weighted by Crippen LogP contribution is -2.39. The van der Waals surface area contributed by atoms with Crippen molar-refractivity contribution >= 4 is 50.3 Å². The van der Waals surface area contributed by atoms with Crippen LogP contribution >= 0.6 is 15.9 Å². The van der Waals surface area contributed by atoms with Crippen molar-refractivity contribution in [3.63, 3.8) is 0 Å². The number of piperidine rings is 1. The van der Waals surface area contributed by atoms with E-state index in [1.54, 1.807) is 6.92 Å². The Kier molecular flexibility index (Phi) is 6.92. The van der Waals surface area contributed by atoms with Crippen LogP contribution in [0.5, 0.6) is 0 Å². The van der Waals surface area contributed by atoms with Crippen molar-refractivity contribution in [3.8, 4) is 0 Å². The number of primary amides is 1. The molecule has 1 aromatic carbocycles. The number of rotatable bonds is 7. The highest BCUT2D eigenvalue weighted by Gasteiger charge is 2.24. The molecular formula is C20H25BrN4O4. The molecule has 1 saturated heterocycles. The van der Waals surface area contributed by atoms with Crippen molar-refractivity contribution in [2.24, 2.45) is 11.7 Å². The minimum atomic E-state index is -0.511. The van der Waals surface area contributed by atoms with Gasteiger partial charge in [-0.3, -0.25) is 9.59 Å². The second-order valence-electron chi connectivity index (χ2n) is 7.10. The Morgan fingerprint density at radius 1 is 1.31 bits per heavy atom. The fourth-order valence-corrected chi connectivity index (χ4v) is 3.91. The smallest absolute Gasteiger partial charge is 0.356 e. The molecule has 0 radical (unpaired) electrons. The lowest BCUT2D eigenvalue weighted by molar-refractivity contribution is -0.123. The number of likely N-dealkylation sites (tertiary alicyclic amines) is 1. The van der Waals surface area contributed by atoms with Crippen LogP contribution in [0.25, 0.3) is 10.9 Å². The van der Waals surface area contributed by atoms with Crippen molar-refractivity contribution in [1.82, 2.24) is 9.88 Å². The molecule has 0 bridgehead atoms. The fraction of sp³-hybridized carbons (Fsp3) is 0.450. The number of carbonyl (C=O) groups is 3. The van der Waals surface area contributed by atoms with E-state index in [9.17, 15) is 14.4 Å². The molecule has 4 N–H and O–H groups in total. The van der Waals surface area contributed by atoms with E-state index in [4.69, 9.17) is 10.5 Å². The standard InChI is InChI=1S/C20H25BrN4O4/c1-2-29-20(28)18-17(14-11-13(21)3-4-15(14)23-18)24-16(26)7-10-25-8-5-12(6-9-25)19(22)27/h3-4,11-12,23H,2,5-10H2,1H3,(H2,22,27)(H,24,26). The number of ether oxygens (including phenoxy) is 1. The van der Waals surface area contributed by atoms with Crippen molar-refractivity contribution < 1.29 is 19.1 Å². The zero-order valence-corrected chi connectivity index (χ0v) is 17.9. The highest BCUT2D eigenvalue weighted by molar-refractivity contribution is 9.10. The highest BCUT2D eigenvalue weighted by Crippen LogP contribution is 2.31. The van der Waals surface area contributed by atoms with Crippen LogP contribution < -0.4 is 11.1 Å². The van der Waals surface area contributed by atoms with Gasteiger partial charge < -0.3 is 25.7 Å². The number of hydrogen-bond donors (Lipinski definition) is 3. The van der Waals surface area contributed by atoms with Gasteiger partial charge in [-0.1, -0.05) is 15.9 Å². The van der Waals surface area contributed by atoms with Gasteiger partial charge in [-0.25, -0.2) is 4.79 Å². The van der Waals surface area contributed by atoms with Crippen molar-refractivity contribution in [3.05, 3.63) is 28.4 Å². The van der Waals surface area contributed by atoms with Crippen molar-refractivity contribution in [2.45, 2.75) is 26.2 Å². The van der Waals surface area contributed by atoms with Crippen LogP contribution in [-0.4, -0.2) is 53.9 Å². The maximum absolute atomic E-state index is 12.6. The summed E-state index contributed by atoms with van der Waals surface area (Å²) in [7, 11) is 0. The van der Waals surface area contributed by atoms with Gasteiger partial charge in [-0.2, -0.15) is 0 Å². The van der Waals surface area contributed by atoms with Crippen LogP contribution in [0.1, 0.15) is 36.7 Å². The lowest BCUT2D eigenvalue weighted by Gasteiger charge is -2.30. The molecular weight excluding hydrogens is 440 g/mol. The van der Waals surface area contributed by atoms with E-state index in [2.05, 4.69) is 31.1 Å². The maximum Gasteiger partial charge on any atom is 0.356 e. The predicted octanol–water partition coefficient (Wildman–Crippen LogP) is 2.63. The summed E-state index contributed by atoms with van der Waals surface area (Å²) in [6, 6.07) is 5.54. The zero-order valence-electron chi connectivity index (χ0n) is 16.3. The number of anilines is 1. The Morgan fingerprint density at radius 3 is 2.69 bits per heavy atom. The van der Waals surface area contributed by atoms with Gasteiger partial charge >= 0.3 is 5.97 Å². The Morgan fingerprint density at radius 2 is 2.03 bits per heavy atom. The summed E-state index contributed by atoms with van der Waals surface area (Å²) < 4.78 is 5.96. The van der Waals surface area contributed by atoms with E-state index in [1.165, 1.54) is 0 Å². The van der Waals surface area contributed by atoms with E-state index >= 15 is 0 Å². The van der Waals surface area contributed by atoms with Gasteiger partial charge in [0.15, 0.2) is 0 Å². The summed E-state index contributed by atoms with van der Waals surface area (Å²) >= 11 is 3.43. The number of halogens is 1. The number of aromatic nitrogens is 1. The van der Waals surface area contributed by atoms with Gasteiger partial charge in [-0.05, 0) is 51.1 Å². The Labute approximate surface area is 177 Å². The average molecular weight is 465 g/mol. The number of nitrogens with one attached hydrogen (secondary N) is 2. The molecule has 2 heterocycles. The molecule has 1 aliphatic rings. The first kappa shape index (κ1) is 21.3. The number of benzene rings is 1. The summed E-state index contributed by atoms with van der Waals surface area (Å²) in [5, 5.41) is 3.61. The molecule has 0 atom stereocenters.